The van der Waals surface area contributed by atoms with Crippen molar-refractivity contribution in [1.82, 2.24) is 0 Å². The van der Waals surface area contributed by atoms with E-state index in [1.165, 1.54) is 19.4 Å². The third-order valence-electron chi connectivity index (χ3n) is 1.76. The maximum absolute atomic E-state index is 11.2. The van der Waals surface area contributed by atoms with Gasteiger partial charge in [0.1, 0.15) is 0 Å². The number of methoxy groups -OCH3 is 1. The Bertz CT molecular complexity index is 339. The van der Waals surface area contributed by atoms with Gasteiger partial charge in [-0.25, -0.2) is 0 Å². The number of aliphatic hydroxyl groups excluding tert-OH is 1. The molecule has 0 spiro atoms. The normalized spacial score (nSPS) is 9.86. The summed E-state index contributed by atoms with van der Waals surface area (Å²) in [6, 6.07) is 3.23. The first-order chi connectivity index (χ1) is 6.67. The summed E-state index contributed by atoms with van der Waals surface area (Å²) in [7, 11) is 1.42. The maximum Gasteiger partial charge on any atom is 0.379 e. The molecule has 0 aliphatic heterocycles. The molecule has 0 saturated heterocycles. The third kappa shape index (κ3) is 2.43. The van der Waals surface area contributed by atoms with Gasteiger partial charge < -0.3 is 20.5 Å². The Morgan fingerprint density at radius 3 is 2.86 bits per heavy atom. The molecule has 0 bridgehead atoms. The molecule has 0 aliphatic carbocycles. The second kappa shape index (κ2) is 4.57. The predicted molar refractivity (Wildman–Crippen MR) is 50.5 cm³/mol. The van der Waals surface area contributed by atoms with Crippen molar-refractivity contribution in [1.29, 1.82) is 5.41 Å². The highest BCUT2D eigenvalue weighted by atomic mass is 16.5. The second-order valence-corrected chi connectivity index (χ2v) is 2.84. The molecule has 0 unspecified atom stereocenters. The van der Waals surface area contributed by atoms with E-state index in [1.807, 2.05) is 0 Å². The van der Waals surface area contributed by atoms with E-state index in [1.54, 1.807) is 6.07 Å². The molecule has 0 amide bonds. The molecule has 1 rings (SSSR count). The van der Waals surface area contributed by atoms with Crippen molar-refractivity contribution in [3.05, 3.63) is 29.1 Å². The molecule has 0 aliphatic rings. The van der Waals surface area contributed by atoms with Crippen LogP contribution in [0.25, 0.3) is 0 Å². The smallest absolute Gasteiger partial charge is 0.379 e. The number of pyridine rings is 1. The lowest BCUT2D eigenvalue weighted by molar-refractivity contribution is -0.612. The van der Waals surface area contributed by atoms with Crippen LogP contribution in [0.1, 0.15) is 5.56 Å². The van der Waals surface area contributed by atoms with Gasteiger partial charge in [-0.1, -0.05) is 0 Å². The lowest BCUT2D eigenvalue weighted by Crippen LogP contribution is -2.28. The molecule has 0 saturated carbocycles. The minimum atomic E-state index is -0.287. The zero-order chi connectivity index (χ0) is 10.6. The van der Waals surface area contributed by atoms with E-state index in [0.29, 0.717) is 10.3 Å². The largest absolute Gasteiger partial charge is 0.616 e. The number of aliphatic hydroxyl groups is 1. The molecule has 1 aromatic rings. The number of hydrogen-bond donors (Lipinski definition) is 2. The van der Waals surface area contributed by atoms with Crippen molar-refractivity contribution in [2.75, 3.05) is 13.7 Å². The Morgan fingerprint density at radius 1 is 1.64 bits per heavy atom. The number of nitrogens with zero attached hydrogens (tertiary/aromatic N) is 1. The molecule has 76 valence electrons. The fourth-order valence-corrected chi connectivity index (χ4v) is 1.07. The minimum Gasteiger partial charge on any atom is -0.616 e. The third-order valence-corrected chi connectivity index (χ3v) is 1.76. The Balaban J connectivity index is 2.81. The van der Waals surface area contributed by atoms with E-state index < -0.39 is 0 Å². The summed E-state index contributed by atoms with van der Waals surface area (Å²) in [5, 5.41) is 27.1. The summed E-state index contributed by atoms with van der Waals surface area (Å²) in [5.41, 5.74) is 0.856. The van der Waals surface area contributed by atoms with E-state index in [9.17, 15) is 5.21 Å². The number of nitrogens with one attached hydrogen (secondary N) is 1. The molecule has 0 radical (unpaired) electrons. The average molecular weight is 196 g/mol. The molecule has 5 heteroatoms. The molecular formula is C9H12N2O3. The van der Waals surface area contributed by atoms with Crippen LogP contribution >= 0.6 is 0 Å². The van der Waals surface area contributed by atoms with Crippen molar-refractivity contribution in [2.45, 2.75) is 6.42 Å². The minimum absolute atomic E-state index is 0.176. The predicted octanol–water partition coefficient (Wildman–Crippen LogP) is -0.117. The fraction of sp³-hybridized carbons (Fsp3) is 0.333. The summed E-state index contributed by atoms with van der Waals surface area (Å²) in [5.74, 6) is 0.212. The van der Waals surface area contributed by atoms with E-state index in [2.05, 4.69) is 0 Å². The van der Waals surface area contributed by atoms with Crippen LogP contribution in [0, 0.1) is 10.6 Å². The summed E-state index contributed by atoms with van der Waals surface area (Å²) < 4.78 is 5.38. The molecule has 5 nitrogen and oxygen atoms in total. The van der Waals surface area contributed by atoms with Gasteiger partial charge in [-0.2, -0.15) is 0 Å². The summed E-state index contributed by atoms with van der Waals surface area (Å²) >= 11 is 0. The van der Waals surface area contributed by atoms with Gasteiger partial charge in [0.05, 0.1) is 19.8 Å². The van der Waals surface area contributed by atoms with Gasteiger partial charge >= 0.3 is 5.88 Å². The molecular weight excluding hydrogens is 184 g/mol. The lowest BCUT2D eigenvalue weighted by atomic mass is 10.1. The average Bonchev–Trinajstić information content (AvgIpc) is 2.18. The van der Waals surface area contributed by atoms with E-state index >= 15 is 0 Å². The van der Waals surface area contributed by atoms with Gasteiger partial charge in [0, 0.05) is 17.7 Å². The fourth-order valence-electron chi connectivity index (χ4n) is 1.07. The molecule has 2 N–H and O–H groups in total. The Kier molecular flexibility index (Phi) is 3.41. The molecule has 0 aromatic carbocycles. The van der Waals surface area contributed by atoms with Crippen LogP contribution in [0.15, 0.2) is 18.3 Å². The van der Waals surface area contributed by atoms with E-state index in [0.717, 1.165) is 0 Å². The van der Waals surface area contributed by atoms with Crippen LogP contribution in [-0.2, 0) is 6.42 Å². The SMILES string of the molecule is COc1ccc(CC(=N)CO)c[n+]1[O-]. The van der Waals surface area contributed by atoms with E-state index in [4.69, 9.17) is 15.3 Å². The first-order valence-corrected chi connectivity index (χ1v) is 4.10. The molecule has 0 atom stereocenters. The van der Waals surface area contributed by atoms with Crippen LogP contribution in [0.3, 0.4) is 0 Å². The molecule has 14 heavy (non-hydrogen) atoms. The summed E-state index contributed by atoms with van der Waals surface area (Å²) in [6.45, 7) is -0.287. The first kappa shape index (κ1) is 10.5. The topological polar surface area (TPSA) is 80.2 Å². The van der Waals surface area contributed by atoms with Gasteiger partial charge in [-0.05, 0) is 6.07 Å². The summed E-state index contributed by atoms with van der Waals surface area (Å²) in [6.07, 6.45) is 1.62. The van der Waals surface area contributed by atoms with Crippen LogP contribution in [0.2, 0.25) is 0 Å². The van der Waals surface area contributed by atoms with Crippen molar-refractivity contribution in [3.8, 4) is 5.88 Å². The quantitative estimate of drug-likeness (QED) is 0.400. The van der Waals surface area contributed by atoms with Crippen molar-refractivity contribution in [3.63, 3.8) is 0 Å². The molecule has 1 heterocycles. The van der Waals surface area contributed by atoms with Gasteiger partial charge in [0.25, 0.3) is 0 Å². The highest BCUT2D eigenvalue weighted by molar-refractivity contribution is 5.84. The van der Waals surface area contributed by atoms with Crippen molar-refractivity contribution in [2.24, 2.45) is 0 Å². The summed E-state index contributed by atoms with van der Waals surface area (Å²) in [4.78, 5) is 0. The number of rotatable bonds is 4. The zero-order valence-corrected chi connectivity index (χ0v) is 7.86. The highest BCUT2D eigenvalue weighted by Gasteiger charge is 2.07. The number of aromatic nitrogens is 1. The zero-order valence-electron chi connectivity index (χ0n) is 7.86. The number of hydrogen-bond acceptors (Lipinski definition) is 4. The van der Waals surface area contributed by atoms with Gasteiger partial charge in [-0.15, -0.1) is 4.73 Å². The Labute approximate surface area is 81.7 Å². The van der Waals surface area contributed by atoms with Crippen LogP contribution in [0.5, 0.6) is 5.88 Å². The van der Waals surface area contributed by atoms with Crippen LogP contribution in [0.4, 0.5) is 0 Å². The molecule has 1 aromatic heterocycles. The number of ether oxygens (including phenoxy) is 1. The highest BCUT2D eigenvalue weighted by Crippen LogP contribution is 2.05. The Morgan fingerprint density at radius 2 is 2.36 bits per heavy atom. The van der Waals surface area contributed by atoms with Gasteiger partial charge in [0.2, 0.25) is 0 Å². The van der Waals surface area contributed by atoms with Crippen LogP contribution in [-0.4, -0.2) is 24.5 Å². The lowest BCUT2D eigenvalue weighted by Gasteiger charge is -2.04. The van der Waals surface area contributed by atoms with E-state index in [-0.39, 0.29) is 24.6 Å². The van der Waals surface area contributed by atoms with Gasteiger partial charge in [-0.3, -0.25) is 0 Å². The Hall–Kier alpha value is -1.62. The van der Waals surface area contributed by atoms with Gasteiger partial charge in [0.15, 0.2) is 6.20 Å². The van der Waals surface area contributed by atoms with Crippen molar-refractivity contribution >= 4 is 5.71 Å². The van der Waals surface area contributed by atoms with Crippen molar-refractivity contribution < 1.29 is 14.6 Å². The maximum atomic E-state index is 11.2. The monoisotopic (exact) mass is 196 g/mol. The van der Waals surface area contributed by atoms with Crippen LogP contribution < -0.4 is 9.47 Å². The molecule has 0 fully saturated rings. The first-order valence-electron chi connectivity index (χ1n) is 4.10. The standard InChI is InChI=1S/C9H12N2O3/c1-14-9-3-2-7(5-11(9)13)4-8(10)6-12/h2-3,5,10,12H,4,6H2,1H3. The second-order valence-electron chi connectivity index (χ2n) is 2.84.